The largest absolute Gasteiger partial charge is 0.294 e. The highest BCUT2D eigenvalue weighted by Gasteiger charge is 2.28. The molecule has 0 saturated carbocycles. The van der Waals surface area contributed by atoms with Gasteiger partial charge in [0.15, 0.2) is 5.78 Å². The number of carbonyl (C=O) groups excluding carboxylic acids is 1. The van der Waals surface area contributed by atoms with Crippen LogP contribution in [-0.2, 0) is 6.42 Å². The third kappa shape index (κ3) is 1.17. The number of hydrogen-bond donors (Lipinski definition) is 0. The minimum absolute atomic E-state index is 0.164. The molecule has 0 aliphatic heterocycles. The average molecular weight is 195 g/mol. The van der Waals surface area contributed by atoms with Crippen molar-refractivity contribution < 1.29 is 14.1 Å². The van der Waals surface area contributed by atoms with Gasteiger partial charge < -0.3 is 0 Å². The van der Waals surface area contributed by atoms with E-state index in [-0.39, 0.29) is 23.5 Å². The Bertz CT molecular complexity index is 442. The standard InChI is InChI=1S/C9H6FNO3/c10-5-3-7-6(1-2-9(7)12)8(4-5)11(13)14/h3-4H,1-2H2. The van der Waals surface area contributed by atoms with Crippen LogP contribution in [0.15, 0.2) is 12.1 Å². The molecule has 0 fully saturated rings. The number of benzene rings is 1. The molecule has 0 saturated heterocycles. The Morgan fingerprint density at radius 2 is 2.07 bits per heavy atom. The molecule has 0 bridgehead atoms. The smallest absolute Gasteiger partial charge is 0.276 e. The van der Waals surface area contributed by atoms with E-state index in [0.717, 1.165) is 12.1 Å². The summed E-state index contributed by atoms with van der Waals surface area (Å²) < 4.78 is 12.9. The third-order valence-corrected chi connectivity index (χ3v) is 2.29. The van der Waals surface area contributed by atoms with Crippen LogP contribution < -0.4 is 0 Å². The lowest BCUT2D eigenvalue weighted by atomic mass is 10.1. The van der Waals surface area contributed by atoms with Gasteiger partial charge in [0.05, 0.1) is 11.0 Å². The number of rotatable bonds is 1. The molecular weight excluding hydrogens is 189 g/mol. The zero-order valence-corrected chi connectivity index (χ0v) is 7.12. The molecule has 0 aromatic heterocycles. The maximum atomic E-state index is 12.9. The van der Waals surface area contributed by atoms with E-state index in [0.29, 0.717) is 12.0 Å². The number of nitro benzene ring substituents is 1. The van der Waals surface area contributed by atoms with Crippen LogP contribution >= 0.6 is 0 Å². The van der Waals surface area contributed by atoms with Crippen LogP contribution in [0.25, 0.3) is 0 Å². The lowest BCUT2D eigenvalue weighted by Gasteiger charge is -1.99. The van der Waals surface area contributed by atoms with Crippen LogP contribution in [0.1, 0.15) is 22.3 Å². The second kappa shape index (κ2) is 2.87. The predicted octanol–water partition coefficient (Wildman–Crippen LogP) is 1.86. The quantitative estimate of drug-likeness (QED) is 0.507. The lowest BCUT2D eigenvalue weighted by Crippen LogP contribution is -1.98. The number of nitro groups is 1. The second-order valence-electron chi connectivity index (χ2n) is 3.13. The monoisotopic (exact) mass is 195 g/mol. The number of fused-ring (bicyclic) bond motifs is 1. The molecule has 0 spiro atoms. The van der Waals surface area contributed by atoms with Crippen molar-refractivity contribution in [2.24, 2.45) is 0 Å². The van der Waals surface area contributed by atoms with Gasteiger partial charge in [0.2, 0.25) is 0 Å². The highest BCUT2D eigenvalue weighted by molar-refractivity contribution is 6.01. The van der Waals surface area contributed by atoms with Gasteiger partial charge in [-0.3, -0.25) is 14.9 Å². The molecule has 0 unspecified atom stereocenters. The van der Waals surface area contributed by atoms with Crippen molar-refractivity contribution in [3.05, 3.63) is 39.2 Å². The van der Waals surface area contributed by atoms with Crippen LogP contribution in [0.3, 0.4) is 0 Å². The van der Waals surface area contributed by atoms with Crippen molar-refractivity contribution in [3.63, 3.8) is 0 Å². The molecule has 1 aliphatic carbocycles. The Balaban J connectivity index is 2.69. The van der Waals surface area contributed by atoms with Gasteiger partial charge in [-0.1, -0.05) is 0 Å². The SMILES string of the molecule is O=C1CCc2c1cc(F)cc2[N+](=O)[O-]. The zero-order chi connectivity index (χ0) is 10.3. The van der Waals surface area contributed by atoms with Gasteiger partial charge in [0, 0.05) is 17.5 Å². The summed E-state index contributed by atoms with van der Waals surface area (Å²) in [7, 11) is 0. The molecule has 1 aromatic carbocycles. The topological polar surface area (TPSA) is 60.2 Å². The maximum Gasteiger partial charge on any atom is 0.276 e. The van der Waals surface area contributed by atoms with Gasteiger partial charge in [-0.2, -0.15) is 0 Å². The number of hydrogen-bond acceptors (Lipinski definition) is 3. The molecule has 0 amide bonds. The lowest BCUT2D eigenvalue weighted by molar-refractivity contribution is -0.385. The fourth-order valence-electron chi connectivity index (χ4n) is 1.67. The Morgan fingerprint density at radius 1 is 1.36 bits per heavy atom. The first-order valence-corrected chi connectivity index (χ1v) is 4.09. The summed E-state index contributed by atoms with van der Waals surface area (Å²) in [6.45, 7) is 0. The van der Waals surface area contributed by atoms with Crippen molar-refractivity contribution in [2.45, 2.75) is 12.8 Å². The number of nitrogens with zero attached hydrogens (tertiary/aromatic N) is 1. The fourth-order valence-corrected chi connectivity index (χ4v) is 1.67. The van der Waals surface area contributed by atoms with Gasteiger partial charge in [0.1, 0.15) is 5.82 Å². The van der Waals surface area contributed by atoms with Crippen molar-refractivity contribution in [1.82, 2.24) is 0 Å². The first-order chi connectivity index (χ1) is 6.59. The van der Waals surface area contributed by atoms with Crippen LogP contribution in [0.4, 0.5) is 10.1 Å². The van der Waals surface area contributed by atoms with E-state index in [1.165, 1.54) is 0 Å². The van der Waals surface area contributed by atoms with E-state index in [1.807, 2.05) is 0 Å². The minimum atomic E-state index is -0.731. The van der Waals surface area contributed by atoms with Gasteiger partial charge >= 0.3 is 0 Å². The van der Waals surface area contributed by atoms with Crippen molar-refractivity contribution in [3.8, 4) is 0 Å². The predicted molar refractivity (Wildman–Crippen MR) is 45.7 cm³/mol. The Hall–Kier alpha value is -1.78. The molecule has 0 heterocycles. The summed E-state index contributed by atoms with van der Waals surface area (Å²) in [5, 5.41) is 10.5. The Morgan fingerprint density at radius 3 is 2.71 bits per heavy atom. The highest BCUT2D eigenvalue weighted by atomic mass is 19.1. The van der Waals surface area contributed by atoms with E-state index in [1.54, 1.807) is 0 Å². The van der Waals surface area contributed by atoms with Crippen molar-refractivity contribution in [1.29, 1.82) is 0 Å². The Kier molecular flexibility index (Phi) is 1.80. The molecule has 0 atom stereocenters. The van der Waals surface area contributed by atoms with Gasteiger partial charge in [-0.05, 0) is 12.5 Å². The summed E-state index contributed by atoms with van der Waals surface area (Å²) in [5.74, 6) is -0.951. The normalized spacial score (nSPS) is 14.2. The van der Waals surface area contributed by atoms with Gasteiger partial charge in [-0.15, -0.1) is 0 Å². The van der Waals surface area contributed by atoms with Crippen LogP contribution in [-0.4, -0.2) is 10.7 Å². The molecule has 0 N–H and O–H groups in total. The Labute approximate surface area is 78.5 Å². The van der Waals surface area contributed by atoms with E-state index in [4.69, 9.17) is 0 Å². The van der Waals surface area contributed by atoms with Gasteiger partial charge in [-0.25, -0.2) is 4.39 Å². The first kappa shape index (κ1) is 8.80. The third-order valence-electron chi connectivity index (χ3n) is 2.29. The molecule has 5 heteroatoms. The second-order valence-corrected chi connectivity index (χ2v) is 3.13. The van der Waals surface area contributed by atoms with Crippen molar-refractivity contribution >= 4 is 11.5 Å². The minimum Gasteiger partial charge on any atom is -0.294 e. The number of Topliss-reactive ketones (excluding diaryl/α,β-unsaturated/α-hetero) is 1. The highest BCUT2D eigenvalue weighted by Crippen LogP contribution is 2.31. The van der Waals surface area contributed by atoms with Crippen LogP contribution in [0.5, 0.6) is 0 Å². The summed E-state index contributed by atoms with van der Waals surface area (Å²) >= 11 is 0. The average Bonchev–Trinajstić information content (AvgIpc) is 2.47. The molecule has 1 aromatic rings. The van der Waals surface area contributed by atoms with E-state index in [9.17, 15) is 19.3 Å². The maximum absolute atomic E-state index is 12.9. The van der Waals surface area contributed by atoms with E-state index < -0.39 is 10.7 Å². The first-order valence-electron chi connectivity index (χ1n) is 4.09. The van der Waals surface area contributed by atoms with E-state index >= 15 is 0 Å². The molecule has 0 radical (unpaired) electrons. The number of halogens is 1. The number of carbonyl (C=O) groups is 1. The molecule has 14 heavy (non-hydrogen) atoms. The summed E-state index contributed by atoms with van der Waals surface area (Å²) in [5.41, 5.74) is 0.240. The van der Waals surface area contributed by atoms with E-state index in [2.05, 4.69) is 0 Å². The number of ketones is 1. The fraction of sp³-hybridized carbons (Fsp3) is 0.222. The zero-order valence-electron chi connectivity index (χ0n) is 7.12. The molecule has 2 rings (SSSR count). The molecule has 72 valence electrons. The molecular formula is C9H6FNO3. The summed E-state index contributed by atoms with van der Waals surface area (Å²) in [4.78, 5) is 21.1. The van der Waals surface area contributed by atoms with Crippen molar-refractivity contribution in [2.75, 3.05) is 0 Å². The van der Waals surface area contributed by atoms with Crippen LogP contribution in [0, 0.1) is 15.9 Å². The summed E-state index contributed by atoms with van der Waals surface area (Å²) in [6, 6.07) is 1.93. The van der Waals surface area contributed by atoms with Crippen LogP contribution in [0.2, 0.25) is 0 Å². The molecule has 1 aliphatic rings. The summed E-state index contributed by atoms with van der Waals surface area (Å²) in [6.07, 6.45) is 0.574. The molecule has 4 nitrogen and oxygen atoms in total. The van der Waals surface area contributed by atoms with Gasteiger partial charge in [0.25, 0.3) is 5.69 Å².